The lowest BCUT2D eigenvalue weighted by atomic mass is 9.84. The van der Waals surface area contributed by atoms with E-state index in [1.807, 2.05) is 18.2 Å². The Hall–Kier alpha value is -2.40. The topological polar surface area (TPSA) is 157 Å². The van der Waals surface area contributed by atoms with Crippen LogP contribution in [0.4, 0.5) is 5.69 Å². The van der Waals surface area contributed by atoms with E-state index in [0.717, 1.165) is 24.3 Å². The number of methoxy groups -OCH3 is 1. The predicted molar refractivity (Wildman–Crippen MR) is 195 cm³/mol. The smallest absolute Gasteiger partial charge is 0.252 e. The number of amides is 1. The number of Topliss-reactive ketones (excluding diaryl/α,β-unsaturated/α-hetero) is 1. The lowest BCUT2D eigenvalue weighted by Gasteiger charge is -2.33. The molecule has 1 heterocycles. The van der Waals surface area contributed by atoms with Crippen molar-refractivity contribution in [2.45, 2.75) is 37.5 Å². The second-order valence-electron chi connectivity index (χ2n) is 12.1. The zero-order valence-corrected chi connectivity index (χ0v) is 31.1. The first-order chi connectivity index (χ1) is 24.7. The van der Waals surface area contributed by atoms with Gasteiger partial charge in [-0.15, -0.1) is 0 Å². The number of anilines is 1. The third-order valence-electron chi connectivity index (χ3n) is 8.06. The Morgan fingerprint density at radius 2 is 1.47 bits per heavy atom. The number of aliphatic hydroxyl groups excluding tert-OH is 2. The average Bonchev–Trinajstić information content (AvgIpc) is 3.12. The van der Waals surface area contributed by atoms with E-state index in [4.69, 9.17) is 51.6 Å². The van der Waals surface area contributed by atoms with Crippen molar-refractivity contribution in [2.24, 2.45) is 0 Å². The van der Waals surface area contributed by atoms with Crippen molar-refractivity contribution in [3.05, 3.63) is 63.1 Å². The number of rotatable bonds is 27. The summed E-state index contributed by atoms with van der Waals surface area (Å²) >= 11 is 12.9. The number of fused-ring (bicyclic) bond motifs is 1. The van der Waals surface area contributed by atoms with Gasteiger partial charge in [0.25, 0.3) is 5.91 Å². The molecule has 0 saturated carbocycles. The van der Waals surface area contributed by atoms with Crippen LogP contribution in [0, 0.1) is 0 Å². The van der Waals surface area contributed by atoms with E-state index in [0.29, 0.717) is 89.1 Å². The van der Waals surface area contributed by atoms with Crippen LogP contribution in [0.3, 0.4) is 0 Å². The second kappa shape index (κ2) is 24.8. The van der Waals surface area contributed by atoms with Crippen LogP contribution in [-0.2, 0) is 44.6 Å². The SMILES string of the molecule is COCCOCCOCCCC(=O)C(O)C(O)C(=O)NCCOCCOCCOCCNc1cccc(C2CN(C)Cc3c(Cl)cc(Cl)cc32)c1. The summed E-state index contributed by atoms with van der Waals surface area (Å²) in [4.78, 5) is 26.5. The van der Waals surface area contributed by atoms with E-state index in [2.05, 4.69) is 34.7 Å². The number of likely N-dealkylation sites (N-methyl/N-ethyl adjacent to an activating group) is 1. The normalized spacial score (nSPS) is 15.7. The molecule has 1 amide bonds. The molecule has 13 nitrogen and oxygen atoms in total. The summed E-state index contributed by atoms with van der Waals surface area (Å²) < 4.78 is 32.1. The van der Waals surface area contributed by atoms with Gasteiger partial charge in [0.1, 0.15) is 6.10 Å². The Morgan fingerprint density at radius 1 is 0.843 bits per heavy atom. The van der Waals surface area contributed by atoms with Gasteiger partial charge >= 0.3 is 0 Å². The number of aliphatic hydroxyl groups is 2. The molecule has 2 aromatic carbocycles. The maximum Gasteiger partial charge on any atom is 0.252 e. The van der Waals surface area contributed by atoms with Gasteiger partial charge < -0.3 is 54.2 Å². The third kappa shape index (κ3) is 16.0. The maximum atomic E-state index is 12.1. The maximum absolute atomic E-state index is 12.1. The molecule has 0 saturated heterocycles. The molecule has 51 heavy (non-hydrogen) atoms. The van der Waals surface area contributed by atoms with Crippen LogP contribution in [0.15, 0.2) is 36.4 Å². The summed E-state index contributed by atoms with van der Waals surface area (Å²) in [6, 6.07) is 12.2. The molecular weight excluding hydrogens is 705 g/mol. The first-order valence-electron chi connectivity index (χ1n) is 17.3. The van der Waals surface area contributed by atoms with Gasteiger partial charge in [-0.05, 0) is 54.4 Å². The van der Waals surface area contributed by atoms with Gasteiger partial charge in [0.2, 0.25) is 0 Å². The summed E-state index contributed by atoms with van der Waals surface area (Å²) in [5, 5.41) is 27.3. The van der Waals surface area contributed by atoms with Crippen molar-refractivity contribution in [2.75, 3.05) is 112 Å². The summed E-state index contributed by atoms with van der Waals surface area (Å²) in [6.07, 6.45) is -3.36. The number of halogens is 2. The van der Waals surface area contributed by atoms with E-state index in [1.165, 1.54) is 11.1 Å². The van der Waals surface area contributed by atoms with Crippen LogP contribution >= 0.6 is 23.2 Å². The Balaban J connectivity index is 1.17. The number of benzene rings is 2. The highest BCUT2D eigenvalue weighted by Crippen LogP contribution is 2.38. The molecule has 0 radical (unpaired) electrons. The van der Waals surface area contributed by atoms with E-state index < -0.39 is 23.9 Å². The highest BCUT2D eigenvalue weighted by molar-refractivity contribution is 6.35. The largest absolute Gasteiger partial charge is 0.383 e. The van der Waals surface area contributed by atoms with E-state index in [-0.39, 0.29) is 25.5 Å². The number of hydrogen-bond donors (Lipinski definition) is 4. The van der Waals surface area contributed by atoms with Gasteiger partial charge in [0.05, 0.1) is 66.1 Å². The van der Waals surface area contributed by atoms with Crippen molar-refractivity contribution in [3.8, 4) is 0 Å². The molecule has 1 aliphatic rings. The van der Waals surface area contributed by atoms with Gasteiger partial charge in [-0.3, -0.25) is 9.59 Å². The zero-order valence-electron chi connectivity index (χ0n) is 29.6. The standard InChI is InChI=1S/C36H53Cl2N3O10/c1-41-24-30(29-22-27(37)23-32(38)31(29)25-41)26-5-3-6-28(21-26)39-8-11-48-16-19-51-20-17-49-12-9-40-36(45)35(44)34(43)33(42)7-4-10-47-15-18-50-14-13-46-2/h3,5-6,21-23,30,34-35,39,43-44H,4,7-20,24-25H2,1-2H3,(H,40,45). The van der Waals surface area contributed by atoms with Crippen LogP contribution in [0.2, 0.25) is 10.0 Å². The summed E-state index contributed by atoms with van der Waals surface area (Å²) in [7, 11) is 3.69. The fourth-order valence-corrected chi connectivity index (χ4v) is 6.01. The number of nitrogens with one attached hydrogen (secondary N) is 2. The summed E-state index contributed by atoms with van der Waals surface area (Å²) in [6.45, 7) is 6.63. The summed E-state index contributed by atoms with van der Waals surface area (Å²) in [5.74, 6) is -1.32. The molecule has 0 fully saturated rings. The first kappa shape index (κ1) is 43.0. The van der Waals surface area contributed by atoms with Crippen LogP contribution in [0.25, 0.3) is 0 Å². The minimum Gasteiger partial charge on any atom is -0.383 e. The highest BCUT2D eigenvalue weighted by Gasteiger charge is 2.29. The van der Waals surface area contributed by atoms with E-state index >= 15 is 0 Å². The van der Waals surface area contributed by atoms with Crippen LogP contribution in [0.1, 0.15) is 35.4 Å². The van der Waals surface area contributed by atoms with E-state index in [1.54, 1.807) is 13.2 Å². The fraction of sp³-hybridized carbons (Fsp3) is 0.611. The van der Waals surface area contributed by atoms with Gasteiger partial charge in [0, 0.05) is 68.0 Å². The Bertz CT molecular complexity index is 1320. The minimum atomic E-state index is -1.86. The zero-order chi connectivity index (χ0) is 36.8. The van der Waals surface area contributed by atoms with Crippen LogP contribution in [-0.4, -0.2) is 145 Å². The lowest BCUT2D eigenvalue weighted by Crippen LogP contribution is -2.46. The molecule has 3 unspecified atom stereocenters. The van der Waals surface area contributed by atoms with Gasteiger partial charge in [-0.2, -0.15) is 0 Å². The fourth-order valence-electron chi connectivity index (χ4n) is 5.44. The number of carbonyl (C=O) groups excluding carboxylic acids is 2. The van der Waals surface area contributed by atoms with Crippen molar-refractivity contribution in [1.29, 1.82) is 0 Å². The molecule has 3 rings (SSSR count). The van der Waals surface area contributed by atoms with E-state index in [9.17, 15) is 19.8 Å². The molecule has 0 bridgehead atoms. The molecule has 286 valence electrons. The highest BCUT2D eigenvalue weighted by atomic mass is 35.5. The van der Waals surface area contributed by atoms with Crippen molar-refractivity contribution in [3.63, 3.8) is 0 Å². The van der Waals surface area contributed by atoms with Crippen LogP contribution in [0.5, 0.6) is 0 Å². The number of hydrogen-bond acceptors (Lipinski definition) is 12. The quantitative estimate of drug-likeness (QED) is 0.0991. The first-order valence-corrected chi connectivity index (χ1v) is 18.0. The average molecular weight is 759 g/mol. The molecule has 4 N–H and O–H groups in total. The number of ketones is 1. The Morgan fingerprint density at radius 3 is 2.16 bits per heavy atom. The molecule has 0 aliphatic carbocycles. The molecule has 0 aromatic heterocycles. The van der Waals surface area contributed by atoms with Gasteiger partial charge in [-0.1, -0.05) is 35.3 Å². The summed E-state index contributed by atoms with van der Waals surface area (Å²) in [5.41, 5.74) is 4.50. The molecule has 2 aromatic rings. The Labute approximate surface area is 310 Å². The lowest BCUT2D eigenvalue weighted by molar-refractivity contribution is -0.145. The van der Waals surface area contributed by atoms with Crippen molar-refractivity contribution >= 4 is 40.6 Å². The number of nitrogens with zero attached hydrogens (tertiary/aromatic N) is 1. The monoisotopic (exact) mass is 757 g/mol. The molecule has 1 aliphatic heterocycles. The number of ether oxygens (including phenoxy) is 6. The van der Waals surface area contributed by atoms with Crippen molar-refractivity contribution < 1.29 is 48.2 Å². The molecule has 3 atom stereocenters. The number of carbonyl (C=O) groups is 2. The predicted octanol–water partition coefficient (Wildman–Crippen LogP) is 2.90. The van der Waals surface area contributed by atoms with Crippen LogP contribution < -0.4 is 10.6 Å². The molecular formula is C36H53Cl2N3O10. The van der Waals surface area contributed by atoms with Gasteiger partial charge in [0.15, 0.2) is 11.9 Å². The molecule has 15 heteroatoms. The van der Waals surface area contributed by atoms with Gasteiger partial charge in [-0.25, -0.2) is 0 Å². The third-order valence-corrected chi connectivity index (χ3v) is 8.62. The second-order valence-corrected chi connectivity index (χ2v) is 12.9. The molecule has 0 spiro atoms. The minimum absolute atomic E-state index is 0.0301. The Kier molecular flexibility index (Phi) is 20.9. The van der Waals surface area contributed by atoms with Crippen molar-refractivity contribution in [1.82, 2.24) is 10.2 Å².